The Labute approximate surface area is 125 Å². The summed E-state index contributed by atoms with van der Waals surface area (Å²) in [4.78, 5) is 4.55. The zero-order chi connectivity index (χ0) is 15.1. The molecule has 1 aliphatic rings. The minimum Gasteiger partial charge on any atom is -0.380 e. The van der Waals surface area contributed by atoms with Gasteiger partial charge in [-0.3, -0.25) is 0 Å². The van der Waals surface area contributed by atoms with E-state index in [4.69, 9.17) is 4.74 Å². The smallest absolute Gasteiger partial charge is 0.191 e. The van der Waals surface area contributed by atoms with E-state index >= 15 is 0 Å². The van der Waals surface area contributed by atoms with E-state index in [9.17, 15) is 4.39 Å². The third-order valence-corrected chi connectivity index (χ3v) is 3.43. The second kappa shape index (κ2) is 7.98. The van der Waals surface area contributed by atoms with Gasteiger partial charge in [0.15, 0.2) is 5.96 Å². The highest BCUT2D eigenvalue weighted by molar-refractivity contribution is 5.79. The summed E-state index contributed by atoms with van der Waals surface area (Å²) >= 11 is 0. The molecule has 116 valence electrons. The van der Waals surface area contributed by atoms with Gasteiger partial charge in [0, 0.05) is 25.8 Å². The van der Waals surface area contributed by atoms with E-state index in [1.54, 1.807) is 13.2 Å². The maximum absolute atomic E-state index is 13.6. The molecule has 1 aromatic carbocycles. The van der Waals surface area contributed by atoms with Crippen LogP contribution in [0, 0.1) is 11.7 Å². The molecule has 2 rings (SSSR count). The van der Waals surface area contributed by atoms with Crippen LogP contribution in [0.5, 0.6) is 0 Å². The summed E-state index contributed by atoms with van der Waals surface area (Å²) in [5, 5.41) is 6.57. The maximum Gasteiger partial charge on any atom is 0.191 e. The van der Waals surface area contributed by atoms with E-state index < -0.39 is 0 Å². The third kappa shape index (κ3) is 5.34. The number of hydrogen-bond donors (Lipinski definition) is 2. The number of halogens is 1. The molecular weight excluding hydrogens is 269 g/mol. The van der Waals surface area contributed by atoms with E-state index in [-0.39, 0.29) is 12.4 Å². The van der Waals surface area contributed by atoms with E-state index in [2.05, 4.69) is 15.6 Å². The Morgan fingerprint density at radius 3 is 2.86 bits per heavy atom. The molecule has 0 atom stereocenters. The minimum absolute atomic E-state index is 0.233. The fraction of sp³-hybridized carbons (Fsp3) is 0.562. The van der Waals surface area contributed by atoms with E-state index in [0.717, 1.165) is 30.5 Å². The van der Waals surface area contributed by atoms with Crippen LogP contribution in [0.25, 0.3) is 0 Å². The molecule has 1 aliphatic carbocycles. The van der Waals surface area contributed by atoms with Crippen LogP contribution in [-0.2, 0) is 17.9 Å². The van der Waals surface area contributed by atoms with Crippen molar-refractivity contribution >= 4 is 5.96 Å². The number of nitrogens with one attached hydrogen (secondary N) is 2. The van der Waals surface area contributed by atoms with Crippen LogP contribution in [0.3, 0.4) is 0 Å². The number of methoxy groups -OCH3 is 1. The predicted molar refractivity (Wildman–Crippen MR) is 82.7 cm³/mol. The zero-order valence-corrected chi connectivity index (χ0v) is 12.8. The van der Waals surface area contributed by atoms with Gasteiger partial charge < -0.3 is 15.4 Å². The molecule has 4 nitrogen and oxygen atoms in total. The molecular formula is C16H24FN3O. The van der Waals surface area contributed by atoms with Crippen LogP contribution >= 0.6 is 0 Å². The molecule has 2 N–H and O–H groups in total. The molecule has 0 aromatic heterocycles. The lowest BCUT2D eigenvalue weighted by Crippen LogP contribution is -2.38. The lowest BCUT2D eigenvalue weighted by Gasteiger charge is -2.11. The standard InChI is InChI=1S/C16H24FN3O/c1-3-18-16(19-9-12-4-5-12)20-10-13-6-7-15(17)14(8-13)11-21-2/h6-8,12H,3-5,9-11H2,1-2H3,(H2,18,19,20). The lowest BCUT2D eigenvalue weighted by molar-refractivity contribution is 0.181. The quantitative estimate of drug-likeness (QED) is 0.599. The molecule has 1 aromatic rings. The Hall–Kier alpha value is -1.62. The van der Waals surface area contributed by atoms with Crippen molar-refractivity contribution in [1.82, 2.24) is 10.6 Å². The molecule has 0 amide bonds. The van der Waals surface area contributed by atoms with E-state index in [1.807, 2.05) is 13.0 Å². The Kier molecular flexibility index (Phi) is 5.99. The average Bonchev–Trinajstić information content (AvgIpc) is 3.29. The highest BCUT2D eigenvalue weighted by atomic mass is 19.1. The van der Waals surface area contributed by atoms with E-state index in [1.165, 1.54) is 18.9 Å². The normalized spacial score (nSPS) is 15.1. The fourth-order valence-electron chi connectivity index (χ4n) is 2.07. The van der Waals surface area contributed by atoms with Gasteiger partial charge in [-0.25, -0.2) is 9.38 Å². The van der Waals surface area contributed by atoms with Crippen molar-refractivity contribution < 1.29 is 9.13 Å². The molecule has 0 saturated heterocycles. The number of aliphatic imine (C=N–C) groups is 1. The summed E-state index contributed by atoms with van der Waals surface area (Å²) in [6.07, 6.45) is 2.62. The van der Waals surface area contributed by atoms with Crippen LogP contribution in [0.4, 0.5) is 4.39 Å². The molecule has 5 heteroatoms. The molecule has 0 aliphatic heterocycles. The third-order valence-electron chi connectivity index (χ3n) is 3.43. The van der Waals surface area contributed by atoms with Crippen LogP contribution in [0.15, 0.2) is 23.2 Å². The van der Waals surface area contributed by atoms with Crippen molar-refractivity contribution in [2.24, 2.45) is 10.9 Å². The van der Waals surface area contributed by atoms with E-state index in [0.29, 0.717) is 12.1 Å². The second-order valence-corrected chi connectivity index (χ2v) is 5.38. The first-order chi connectivity index (χ1) is 10.2. The highest BCUT2D eigenvalue weighted by Crippen LogP contribution is 2.27. The van der Waals surface area contributed by atoms with Gasteiger partial charge in [0.25, 0.3) is 0 Å². The molecule has 0 bridgehead atoms. The molecule has 0 spiro atoms. The zero-order valence-electron chi connectivity index (χ0n) is 12.8. The van der Waals surface area contributed by atoms with Crippen LogP contribution in [-0.4, -0.2) is 26.2 Å². The number of nitrogens with zero attached hydrogens (tertiary/aromatic N) is 1. The van der Waals surface area contributed by atoms with Gasteiger partial charge in [-0.2, -0.15) is 0 Å². The Morgan fingerprint density at radius 1 is 1.38 bits per heavy atom. The van der Waals surface area contributed by atoms with Crippen molar-refractivity contribution in [3.63, 3.8) is 0 Å². The second-order valence-electron chi connectivity index (χ2n) is 5.38. The van der Waals surface area contributed by atoms with Gasteiger partial charge in [-0.1, -0.05) is 6.07 Å². The maximum atomic E-state index is 13.6. The molecule has 0 unspecified atom stereocenters. The lowest BCUT2D eigenvalue weighted by atomic mass is 10.1. The first-order valence-corrected chi connectivity index (χ1v) is 7.51. The first kappa shape index (κ1) is 15.8. The Morgan fingerprint density at radius 2 is 2.19 bits per heavy atom. The molecule has 1 saturated carbocycles. The van der Waals surface area contributed by atoms with Crippen LogP contribution < -0.4 is 10.6 Å². The number of hydrogen-bond acceptors (Lipinski definition) is 2. The predicted octanol–water partition coefficient (Wildman–Crippen LogP) is 2.44. The summed E-state index contributed by atoms with van der Waals surface area (Å²) in [6, 6.07) is 5.05. The number of ether oxygens (including phenoxy) is 1. The van der Waals surface area contributed by atoms with Crippen molar-refractivity contribution in [2.75, 3.05) is 20.2 Å². The van der Waals surface area contributed by atoms with Crippen molar-refractivity contribution in [1.29, 1.82) is 0 Å². The number of guanidine groups is 1. The molecule has 0 heterocycles. The number of benzene rings is 1. The van der Waals surface area contributed by atoms with Gasteiger partial charge in [0.2, 0.25) is 0 Å². The molecule has 21 heavy (non-hydrogen) atoms. The highest BCUT2D eigenvalue weighted by Gasteiger charge is 2.20. The van der Waals surface area contributed by atoms with Crippen LogP contribution in [0.1, 0.15) is 30.9 Å². The van der Waals surface area contributed by atoms with Gasteiger partial charge in [0.1, 0.15) is 5.82 Å². The summed E-state index contributed by atoms with van der Waals surface area (Å²) < 4.78 is 18.6. The topological polar surface area (TPSA) is 45.7 Å². The largest absolute Gasteiger partial charge is 0.380 e. The average molecular weight is 293 g/mol. The summed E-state index contributed by atoms with van der Waals surface area (Å²) in [5.41, 5.74) is 1.55. The fourth-order valence-corrected chi connectivity index (χ4v) is 2.07. The van der Waals surface area contributed by atoms with Gasteiger partial charge >= 0.3 is 0 Å². The molecule has 0 radical (unpaired) electrons. The van der Waals surface area contributed by atoms with Crippen LogP contribution in [0.2, 0.25) is 0 Å². The summed E-state index contributed by atoms with van der Waals surface area (Å²) in [6.45, 7) is 4.66. The SMILES string of the molecule is CCNC(=NCc1ccc(F)c(COC)c1)NCC1CC1. The number of rotatable bonds is 7. The minimum atomic E-state index is -0.233. The summed E-state index contributed by atoms with van der Waals surface area (Å²) in [5.74, 6) is 1.39. The first-order valence-electron chi connectivity index (χ1n) is 7.51. The van der Waals surface area contributed by atoms with Gasteiger partial charge in [-0.05, 0) is 43.4 Å². The summed E-state index contributed by atoms with van der Waals surface area (Å²) in [7, 11) is 1.56. The van der Waals surface area contributed by atoms with Crippen molar-refractivity contribution in [2.45, 2.75) is 32.9 Å². The molecule has 1 fully saturated rings. The van der Waals surface area contributed by atoms with Gasteiger partial charge in [-0.15, -0.1) is 0 Å². The Bertz CT molecular complexity index is 486. The monoisotopic (exact) mass is 293 g/mol. The van der Waals surface area contributed by atoms with Crippen molar-refractivity contribution in [3.05, 3.63) is 35.1 Å². The van der Waals surface area contributed by atoms with Crippen molar-refractivity contribution in [3.8, 4) is 0 Å². The van der Waals surface area contributed by atoms with Gasteiger partial charge in [0.05, 0.1) is 13.2 Å². The Balaban J connectivity index is 1.96.